The Morgan fingerprint density at radius 1 is 1.15 bits per heavy atom. The van der Waals surface area contributed by atoms with E-state index in [4.69, 9.17) is 0 Å². The van der Waals surface area contributed by atoms with Crippen LogP contribution in [0.5, 0.6) is 0 Å². The molecule has 2 amide bonds. The van der Waals surface area contributed by atoms with E-state index < -0.39 is 0 Å². The highest BCUT2D eigenvalue weighted by atomic mass is 32.1. The van der Waals surface area contributed by atoms with Gasteiger partial charge in [-0.2, -0.15) is 11.3 Å². The summed E-state index contributed by atoms with van der Waals surface area (Å²) in [5.41, 5.74) is 3.75. The third kappa shape index (κ3) is 4.77. The molecule has 0 aliphatic rings. The van der Waals surface area contributed by atoms with E-state index in [2.05, 4.69) is 15.6 Å². The average Bonchev–Trinajstić information content (AvgIpc) is 3.31. The Hall–Kier alpha value is -2.51. The molecule has 2 N–H and O–H groups in total. The van der Waals surface area contributed by atoms with Gasteiger partial charge in [-0.3, -0.25) is 9.59 Å². The van der Waals surface area contributed by atoms with E-state index in [0.29, 0.717) is 30.1 Å². The van der Waals surface area contributed by atoms with Crippen LogP contribution in [0.3, 0.4) is 0 Å². The maximum absolute atomic E-state index is 12.0. The number of nitrogens with zero attached hydrogens (tertiary/aromatic N) is 1. The topological polar surface area (TPSA) is 71.1 Å². The molecule has 5 nitrogen and oxygen atoms in total. The van der Waals surface area contributed by atoms with E-state index in [0.717, 1.165) is 16.8 Å². The number of rotatable bonds is 7. The van der Waals surface area contributed by atoms with Gasteiger partial charge in [-0.05, 0) is 30.4 Å². The highest BCUT2D eigenvalue weighted by molar-refractivity contribution is 7.14. The molecule has 0 aliphatic carbocycles. The summed E-state index contributed by atoms with van der Waals surface area (Å²) >= 11 is 2.90. The van der Waals surface area contributed by atoms with Crippen molar-refractivity contribution in [2.45, 2.75) is 19.8 Å². The van der Waals surface area contributed by atoms with Crippen molar-refractivity contribution >= 4 is 39.6 Å². The predicted molar refractivity (Wildman–Crippen MR) is 107 cm³/mol. The summed E-state index contributed by atoms with van der Waals surface area (Å²) in [4.78, 5) is 28.3. The van der Waals surface area contributed by atoms with Gasteiger partial charge in [0.2, 0.25) is 5.91 Å². The van der Waals surface area contributed by atoms with Gasteiger partial charge in [0.15, 0.2) is 5.13 Å². The molecule has 2 heterocycles. The fraction of sp³-hybridized carbons (Fsp3) is 0.211. The summed E-state index contributed by atoms with van der Waals surface area (Å²) in [6, 6.07) is 9.81. The molecule has 3 rings (SSSR count). The summed E-state index contributed by atoms with van der Waals surface area (Å²) in [5.74, 6) is -0.199. The van der Waals surface area contributed by atoms with Gasteiger partial charge in [0.1, 0.15) is 0 Å². The van der Waals surface area contributed by atoms with Crippen LogP contribution >= 0.6 is 22.7 Å². The highest BCUT2D eigenvalue weighted by Gasteiger charge is 2.10. The van der Waals surface area contributed by atoms with Gasteiger partial charge >= 0.3 is 0 Å². The summed E-state index contributed by atoms with van der Waals surface area (Å²) in [5, 5.41) is 11.8. The second-order valence-corrected chi connectivity index (χ2v) is 7.41. The van der Waals surface area contributed by atoms with Crippen LogP contribution in [-0.2, 0) is 4.79 Å². The second-order valence-electron chi connectivity index (χ2n) is 5.77. The molecule has 0 radical (unpaired) electrons. The molecule has 0 spiro atoms. The van der Waals surface area contributed by atoms with Gasteiger partial charge < -0.3 is 10.6 Å². The fourth-order valence-electron chi connectivity index (χ4n) is 2.44. The Morgan fingerprint density at radius 3 is 2.77 bits per heavy atom. The second kappa shape index (κ2) is 8.73. The number of aryl methyl sites for hydroxylation is 1. The molecule has 2 aromatic heterocycles. The third-order valence-corrected chi connectivity index (χ3v) is 5.26. The van der Waals surface area contributed by atoms with Crippen LogP contribution in [0.4, 0.5) is 5.13 Å². The molecule has 0 bridgehead atoms. The first-order valence-corrected chi connectivity index (χ1v) is 10.1. The number of nitrogens with one attached hydrogen (secondary N) is 2. The molecule has 7 heteroatoms. The van der Waals surface area contributed by atoms with E-state index in [9.17, 15) is 9.59 Å². The molecule has 134 valence electrons. The van der Waals surface area contributed by atoms with Gasteiger partial charge in [0, 0.05) is 34.9 Å². The van der Waals surface area contributed by atoms with Crippen molar-refractivity contribution in [3.05, 3.63) is 57.6 Å². The van der Waals surface area contributed by atoms with Crippen molar-refractivity contribution in [1.82, 2.24) is 10.3 Å². The average molecular weight is 386 g/mol. The smallest absolute Gasteiger partial charge is 0.252 e. The lowest BCUT2D eigenvalue weighted by atomic mass is 10.1. The minimum absolute atomic E-state index is 0.0968. The van der Waals surface area contributed by atoms with Gasteiger partial charge in [0.25, 0.3) is 5.91 Å². The molecule has 0 atom stereocenters. The number of carbonyl (C=O) groups excluding carboxylic acids is 2. The number of benzene rings is 1. The van der Waals surface area contributed by atoms with Crippen molar-refractivity contribution in [2.24, 2.45) is 0 Å². The summed E-state index contributed by atoms with van der Waals surface area (Å²) in [7, 11) is 0. The van der Waals surface area contributed by atoms with Crippen molar-refractivity contribution in [3.63, 3.8) is 0 Å². The Morgan fingerprint density at radius 2 is 2.00 bits per heavy atom. The van der Waals surface area contributed by atoms with Crippen LogP contribution in [-0.4, -0.2) is 23.3 Å². The SMILES string of the molecule is Cc1ccccc1-c1csc(NC(=O)CCCNC(=O)c2ccsc2)n1. The number of aromatic nitrogens is 1. The van der Waals surface area contributed by atoms with Crippen molar-refractivity contribution in [2.75, 3.05) is 11.9 Å². The fourth-order valence-corrected chi connectivity index (χ4v) is 3.81. The van der Waals surface area contributed by atoms with Crippen molar-refractivity contribution in [3.8, 4) is 11.3 Å². The monoisotopic (exact) mass is 385 g/mol. The molecule has 0 saturated heterocycles. The highest BCUT2D eigenvalue weighted by Crippen LogP contribution is 2.27. The van der Waals surface area contributed by atoms with Gasteiger partial charge in [-0.15, -0.1) is 11.3 Å². The molecular weight excluding hydrogens is 366 g/mol. The van der Waals surface area contributed by atoms with Crippen molar-refractivity contribution < 1.29 is 9.59 Å². The zero-order valence-electron chi connectivity index (χ0n) is 14.3. The lowest BCUT2D eigenvalue weighted by Gasteiger charge is -2.04. The van der Waals surface area contributed by atoms with Crippen LogP contribution in [0, 0.1) is 6.92 Å². The van der Waals surface area contributed by atoms with Crippen LogP contribution in [0.2, 0.25) is 0 Å². The Kier molecular flexibility index (Phi) is 6.14. The lowest BCUT2D eigenvalue weighted by Crippen LogP contribution is -2.25. The number of hydrogen-bond donors (Lipinski definition) is 2. The largest absolute Gasteiger partial charge is 0.352 e. The number of thiazole rings is 1. The first-order chi connectivity index (χ1) is 12.6. The lowest BCUT2D eigenvalue weighted by molar-refractivity contribution is -0.116. The Bertz CT molecular complexity index is 888. The molecule has 0 aliphatic heterocycles. The normalized spacial score (nSPS) is 10.5. The minimum Gasteiger partial charge on any atom is -0.352 e. The van der Waals surface area contributed by atoms with E-state index in [-0.39, 0.29) is 11.8 Å². The first kappa shape index (κ1) is 18.3. The third-order valence-electron chi connectivity index (χ3n) is 3.82. The van der Waals surface area contributed by atoms with Crippen LogP contribution in [0.1, 0.15) is 28.8 Å². The van der Waals surface area contributed by atoms with E-state index in [1.807, 2.05) is 41.9 Å². The van der Waals surface area contributed by atoms with E-state index in [1.165, 1.54) is 22.7 Å². The number of hydrogen-bond acceptors (Lipinski definition) is 5. The molecule has 0 fully saturated rings. The molecular formula is C19H19N3O2S2. The Labute approximate surface area is 160 Å². The van der Waals surface area contributed by atoms with E-state index in [1.54, 1.807) is 11.4 Å². The zero-order chi connectivity index (χ0) is 18.4. The van der Waals surface area contributed by atoms with Crippen LogP contribution < -0.4 is 10.6 Å². The van der Waals surface area contributed by atoms with Crippen LogP contribution in [0.15, 0.2) is 46.5 Å². The molecule has 26 heavy (non-hydrogen) atoms. The summed E-state index contributed by atoms with van der Waals surface area (Å²) < 4.78 is 0. The minimum atomic E-state index is -0.102. The quantitative estimate of drug-likeness (QED) is 0.595. The predicted octanol–water partition coefficient (Wildman–Crippen LogP) is 4.33. The first-order valence-electron chi connectivity index (χ1n) is 8.25. The van der Waals surface area contributed by atoms with E-state index >= 15 is 0 Å². The summed E-state index contributed by atoms with van der Waals surface area (Å²) in [6.45, 7) is 2.51. The Balaban J connectivity index is 1.44. The maximum atomic E-state index is 12.0. The summed E-state index contributed by atoms with van der Waals surface area (Å²) in [6.07, 6.45) is 0.918. The van der Waals surface area contributed by atoms with Gasteiger partial charge in [0.05, 0.1) is 5.69 Å². The standard InChI is InChI=1S/C19H19N3O2S2/c1-13-5-2-3-6-15(13)16-12-26-19(21-16)22-17(23)7-4-9-20-18(24)14-8-10-25-11-14/h2-3,5-6,8,10-12H,4,7,9H2,1H3,(H,20,24)(H,21,22,23). The zero-order valence-corrected chi connectivity index (χ0v) is 16.0. The molecule has 0 unspecified atom stereocenters. The molecule has 0 saturated carbocycles. The maximum Gasteiger partial charge on any atom is 0.252 e. The molecule has 3 aromatic rings. The van der Waals surface area contributed by atoms with Crippen molar-refractivity contribution in [1.29, 1.82) is 0 Å². The van der Waals surface area contributed by atoms with Gasteiger partial charge in [-0.1, -0.05) is 24.3 Å². The number of amides is 2. The van der Waals surface area contributed by atoms with Crippen LogP contribution in [0.25, 0.3) is 11.3 Å². The molecule has 1 aromatic carbocycles. The number of anilines is 1. The van der Waals surface area contributed by atoms with Gasteiger partial charge in [-0.25, -0.2) is 4.98 Å². The number of carbonyl (C=O) groups is 2. The number of thiophene rings is 1.